The first-order valence-corrected chi connectivity index (χ1v) is 2.12. The van der Waals surface area contributed by atoms with Crippen molar-refractivity contribution in [2.24, 2.45) is 0 Å². The van der Waals surface area contributed by atoms with Gasteiger partial charge in [0.25, 0.3) is 0 Å². The van der Waals surface area contributed by atoms with Crippen LogP contribution in [0, 0.1) is 35.6 Å². The molecule has 72 valence electrons. The average molecular weight is 388 g/mol. The van der Waals surface area contributed by atoms with Crippen LogP contribution in [0.25, 0.3) is 0 Å². The van der Waals surface area contributed by atoms with E-state index < -0.39 is 22.0 Å². The summed E-state index contributed by atoms with van der Waals surface area (Å²) in [7, 11) is -8.75. The monoisotopic (exact) mass is 388 g/mol. The zero-order chi connectivity index (χ0) is 10.7. The second-order valence-corrected chi connectivity index (χ2v) is 0.866. The second kappa shape index (κ2) is 36.2. The summed E-state index contributed by atoms with van der Waals surface area (Å²) in [5.41, 5.74) is 0. The molecular weight excluding hydrogens is 388 g/mol. The quantitative estimate of drug-likeness (QED) is 0.360. The predicted molar refractivity (Wildman–Crippen MR) is 34.5 cm³/mol. The van der Waals surface area contributed by atoms with Gasteiger partial charge in [0.15, 0.2) is 0 Å². The van der Waals surface area contributed by atoms with Crippen LogP contribution in [0.1, 0.15) is 0 Å². The third kappa shape index (κ3) is 417. The maximum Gasteiger partial charge on any atom is 3.00 e. The molecule has 0 heterocycles. The van der Waals surface area contributed by atoms with Gasteiger partial charge in [-0.2, -0.15) is 0 Å². The summed E-state index contributed by atoms with van der Waals surface area (Å²) in [6.45, 7) is 0. The molecule has 0 aliphatic heterocycles. The maximum atomic E-state index is 8.42. The average Bonchev–Trinajstić information content (AvgIpc) is 1.54. The van der Waals surface area contributed by atoms with Crippen molar-refractivity contribution in [2.45, 2.75) is 0 Å². The molecule has 0 fully saturated rings. The summed E-state index contributed by atoms with van der Waals surface area (Å²) in [6.07, 6.45) is 0. The van der Waals surface area contributed by atoms with E-state index in [4.69, 9.17) is 45.2 Å². The number of hydrogen-bond acceptors (Lipinski definition) is 9. The SMILES string of the molecule is [La+3].[Mg+2].[Mg+2].[Mg+2].[O-]B([O-])[O-].[O-]B([O-])[O-].[O-]B([O-])[O-]. The number of hydrogen-bond donors (Lipinski definition) is 0. The topological polar surface area (TPSA) is 208 Å². The fourth-order valence-electron chi connectivity index (χ4n) is 0. The molecule has 0 aromatic heterocycles. The minimum Gasteiger partial charge on any atom is -0.907 e. The first-order valence-electron chi connectivity index (χ1n) is 2.12. The molecule has 0 spiro atoms. The summed E-state index contributed by atoms with van der Waals surface area (Å²) in [6, 6.07) is 0. The van der Waals surface area contributed by atoms with Crippen molar-refractivity contribution in [1.82, 2.24) is 0 Å². The maximum absolute atomic E-state index is 8.42. The first-order chi connectivity index (χ1) is 5.20. The Labute approximate surface area is 169 Å². The summed E-state index contributed by atoms with van der Waals surface area (Å²) in [5.74, 6) is 0. The molecule has 0 rings (SSSR count). The zero-order valence-corrected chi connectivity index (χ0v) is 16.0. The van der Waals surface area contributed by atoms with Crippen LogP contribution < -0.4 is 45.2 Å². The summed E-state index contributed by atoms with van der Waals surface area (Å²) < 4.78 is 0. The molecule has 0 N–H and O–H groups in total. The van der Waals surface area contributed by atoms with Gasteiger partial charge in [0, 0.05) is 0 Å². The van der Waals surface area contributed by atoms with E-state index in [1.54, 1.807) is 0 Å². The van der Waals surface area contributed by atoms with Gasteiger partial charge in [0.05, 0.1) is 0 Å². The summed E-state index contributed by atoms with van der Waals surface area (Å²) >= 11 is 0. The van der Waals surface area contributed by atoms with E-state index in [0.29, 0.717) is 0 Å². The van der Waals surface area contributed by atoms with E-state index in [2.05, 4.69) is 0 Å². The molecule has 0 atom stereocenters. The molecule has 0 bridgehead atoms. The van der Waals surface area contributed by atoms with Gasteiger partial charge in [-0.15, -0.1) is 0 Å². The molecule has 0 radical (unpaired) electrons. The summed E-state index contributed by atoms with van der Waals surface area (Å²) in [4.78, 5) is 0. The van der Waals surface area contributed by atoms with Crippen LogP contribution in [0.3, 0.4) is 0 Å². The van der Waals surface area contributed by atoms with Gasteiger partial charge in [-0.1, -0.05) is 0 Å². The van der Waals surface area contributed by atoms with Gasteiger partial charge in [-0.05, 0) is 0 Å². The predicted octanol–water partition coefficient (Wildman–Crippen LogP) is -13.0. The summed E-state index contributed by atoms with van der Waals surface area (Å²) in [5, 5.41) is 75.8. The van der Waals surface area contributed by atoms with Gasteiger partial charge in [-0.25, -0.2) is 0 Å². The van der Waals surface area contributed by atoms with E-state index in [9.17, 15) is 0 Å². The van der Waals surface area contributed by atoms with E-state index in [-0.39, 0.29) is 105 Å². The normalized spacial score (nSPS) is 5.06. The zero-order valence-electron chi connectivity index (χ0n) is 8.10. The second-order valence-electron chi connectivity index (χ2n) is 0.866. The van der Waals surface area contributed by atoms with Crippen LogP contribution in [-0.4, -0.2) is 91.1 Å². The van der Waals surface area contributed by atoms with Crippen LogP contribution in [0.15, 0.2) is 0 Å². The van der Waals surface area contributed by atoms with Crippen molar-refractivity contribution in [3.63, 3.8) is 0 Å². The molecule has 0 aromatic carbocycles. The van der Waals surface area contributed by atoms with E-state index in [1.807, 2.05) is 0 Å². The van der Waals surface area contributed by atoms with Crippen molar-refractivity contribution >= 4 is 91.1 Å². The van der Waals surface area contributed by atoms with E-state index >= 15 is 0 Å². The molecule has 16 heavy (non-hydrogen) atoms. The molecule has 9 nitrogen and oxygen atoms in total. The standard InChI is InChI=1S/3BO3.La.3Mg/c3*2-1(3)4;;;;/q3*-3;+3;3*+2. The van der Waals surface area contributed by atoms with Crippen LogP contribution >= 0.6 is 0 Å². The third-order valence-electron chi connectivity index (χ3n) is 0. The Morgan fingerprint density at radius 2 is 0.375 bits per heavy atom. The molecule has 0 aliphatic rings. The van der Waals surface area contributed by atoms with Crippen LogP contribution in [-0.2, 0) is 0 Å². The third-order valence-corrected chi connectivity index (χ3v) is 0. The Balaban J connectivity index is -0.0000000135. The van der Waals surface area contributed by atoms with Crippen LogP contribution in [0.2, 0.25) is 0 Å². The van der Waals surface area contributed by atoms with Gasteiger partial charge in [0.2, 0.25) is 0 Å². The molecule has 0 saturated heterocycles. The van der Waals surface area contributed by atoms with Crippen molar-refractivity contribution in [3.8, 4) is 0 Å². The molecule has 0 amide bonds. The Bertz CT molecular complexity index is 54.5. The van der Waals surface area contributed by atoms with Gasteiger partial charge in [0.1, 0.15) is 0 Å². The minimum atomic E-state index is -2.92. The van der Waals surface area contributed by atoms with E-state index in [1.165, 1.54) is 0 Å². The molecule has 0 aromatic rings. The molecule has 0 aliphatic carbocycles. The fourth-order valence-corrected chi connectivity index (χ4v) is 0. The molecule has 0 unspecified atom stereocenters. The Hall–Kier alpha value is 3.33. The Kier molecular flexibility index (Phi) is 96.7. The smallest absolute Gasteiger partial charge is 0.907 e. The Morgan fingerprint density at radius 3 is 0.375 bits per heavy atom. The van der Waals surface area contributed by atoms with Crippen LogP contribution in [0.5, 0.6) is 0 Å². The largest absolute Gasteiger partial charge is 3.00 e. The number of rotatable bonds is 0. The van der Waals surface area contributed by atoms with Crippen LogP contribution in [0.4, 0.5) is 0 Å². The van der Waals surface area contributed by atoms with Gasteiger partial charge in [-0.3, -0.25) is 22.0 Å². The first kappa shape index (κ1) is 42.7. The van der Waals surface area contributed by atoms with E-state index in [0.717, 1.165) is 0 Å². The van der Waals surface area contributed by atoms with Crippen molar-refractivity contribution in [3.05, 3.63) is 0 Å². The molecular formula is B3LaMg3O9. The van der Waals surface area contributed by atoms with Crippen molar-refractivity contribution in [1.29, 1.82) is 0 Å². The van der Waals surface area contributed by atoms with Gasteiger partial charge < -0.3 is 45.2 Å². The minimum absolute atomic E-state index is 0. The Morgan fingerprint density at radius 1 is 0.375 bits per heavy atom. The van der Waals surface area contributed by atoms with Crippen molar-refractivity contribution < 1.29 is 80.8 Å². The van der Waals surface area contributed by atoms with Gasteiger partial charge >= 0.3 is 105 Å². The molecule has 0 saturated carbocycles. The molecule has 16 heteroatoms. The fraction of sp³-hybridized carbons (Fsp3) is 0. The van der Waals surface area contributed by atoms with Crippen molar-refractivity contribution in [2.75, 3.05) is 0 Å².